The maximum Gasteiger partial charge on any atom is 0.136 e. The van der Waals surface area contributed by atoms with Gasteiger partial charge in [-0.3, -0.25) is 0 Å². The van der Waals surface area contributed by atoms with Gasteiger partial charge < -0.3 is 10.6 Å². The van der Waals surface area contributed by atoms with E-state index in [1.807, 2.05) is 0 Å². The summed E-state index contributed by atoms with van der Waals surface area (Å²) < 4.78 is 0. The molecule has 1 aromatic heterocycles. The maximum atomic E-state index is 4.83. The van der Waals surface area contributed by atoms with Crippen LogP contribution in [0.25, 0.3) is 0 Å². The summed E-state index contributed by atoms with van der Waals surface area (Å²) in [5.41, 5.74) is 1.17. The molecule has 21 heavy (non-hydrogen) atoms. The summed E-state index contributed by atoms with van der Waals surface area (Å²) in [6.45, 7) is 7.51. The minimum atomic E-state index is 0.580. The van der Waals surface area contributed by atoms with Gasteiger partial charge in [-0.1, -0.05) is 6.92 Å². The summed E-state index contributed by atoms with van der Waals surface area (Å²) in [4.78, 5) is 9.56. The second-order valence-corrected chi connectivity index (χ2v) is 6.81. The monoisotopic (exact) mass is 288 g/mol. The van der Waals surface area contributed by atoms with Crippen molar-refractivity contribution in [2.45, 2.75) is 71.3 Å². The van der Waals surface area contributed by atoms with Crippen molar-refractivity contribution in [1.29, 1.82) is 0 Å². The Morgan fingerprint density at radius 2 is 1.67 bits per heavy atom. The zero-order valence-corrected chi connectivity index (χ0v) is 13.6. The Balaban J connectivity index is 1.79. The topological polar surface area (TPSA) is 49.8 Å². The van der Waals surface area contributed by atoms with Crippen molar-refractivity contribution in [3.8, 4) is 0 Å². The van der Waals surface area contributed by atoms with Crippen LogP contribution in [0.1, 0.15) is 69.7 Å². The Labute approximate surface area is 128 Å². The molecule has 2 saturated carbocycles. The first-order chi connectivity index (χ1) is 10.2. The Bertz CT molecular complexity index is 488. The van der Waals surface area contributed by atoms with Crippen molar-refractivity contribution < 1.29 is 0 Å². The molecule has 2 fully saturated rings. The highest BCUT2D eigenvalue weighted by Gasteiger charge is 2.28. The molecule has 0 saturated heterocycles. The molecule has 0 aliphatic heterocycles. The van der Waals surface area contributed by atoms with E-state index in [2.05, 4.69) is 31.4 Å². The largest absolute Gasteiger partial charge is 0.370 e. The lowest BCUT2D eigenvalue weighted by atomic mass is 9.87. The molecule has 2 aliphatic carbocycles. The molecule has 2 N–H and O–H groups in total. The molecule has 116 valence electrons. The van der Waals surface area contributed by atoms with Crippen LogP contribution in [0.15, 0.2) is 0 Å². The van der Waals surface area contributed by atoms with Gasteiger partial charge in [0.25, 0.3) is 0 Å². The van der Waals surface area contributed by atoms with Crippen LogP contribution in [-0.2, 0) is 0 Å². The number of rotatable bonds is 5. The smallest absolute Gasteiger partial charge is 0.136 e. The Kier molecular flexibility index (Phi) is 4.32. The lowest BCUT2D eigenvalue weighted by Crippen LogP contribution is -2.26. The molecule has 1 heterocycles. The third kappa shape index (κ3) is 3.47. The zero-order chi connectivity index (χ0) is 14.8. The highest BCUT2D eigenvalue weighted by molar-refractivity contribution is 5.58. The van der Waals surface area contributed by atoms with Gasteiger partial charge in [-0.2, -0.15) is 0 Å². The number of aromatic nitrogens is 2. The number of nitrogens with one attached hydrogen (secondary N) is 2. The minimum Gasteiger partial charge on any atom is -0.370 e. The van der Waals surface area contributed by atoms with Crippen LogP contribution < -0.4 is 10.6 Å². The van der Waals surface area contributed by atoms with Gasteiger partial charge in [0, 0.05) is 24.1 Å². The van der Waals surface area contributed by atoms with E-state index in [9.17, 15) is 0 Å². The first-order valence-electron chi connectivity index (χ1n) is 8.56. The van der Waals surface area contributed by atoms with Crippen LogP contribution in [-0.4, -0.2) is 22.6 Å². The predicted molar refractivity (Wildman–Crippen MR) is 88.0 cm³/mol. The van der Waals surface area contributed by atoms with E-state index in [-0.39, 0.29) is 0 Å². The Morgan fingerprint density at radius 3 is 2.29 bits per heavy atom. The van der Waals surface area contributed by atoms with Gasteiger partial charge >= 0.3 is 0 Å². The molecule has 0 spiro atoms. The van der Waals surface area contributed by atoms with Gasteiger partial charge in [0.05, 0.1) is 0 Å². The minimum absolute atomic E-state index is 0.580. The molecule has 4 heteroatoms. The SMILES string of the molecule is CCNc1nc(C2CC2)nc(NC2CCC(C)CC2)c1C. The third-order valence-electron chi connectivity index (χ3n) is 4.81. The second kappa shape index (κ2) is 6.20. The van der Waals surface area contributed by atoms with Gasteiger partial charge in [0.1, 0.15) is 17.5 Å². The van der Waals surface area contributed by atoms with Crippen molar-refractivity contribution in [2.75, 3.05) is 17.2 Å². The van der Waals surface area contributed by atoms with E-state index in [0.29, 0.717) is 12.0 Å². The normalized spacial score (nSPS) is 25.7. The van der Waals surface area contributed by atoms with E-state index in [4.69, 9.17) is 9.97 Å². The summed E-state index contributed by atoms with van der Waals surface area (Å²) in [6, 6.07) is 0.580. The fraction of sp³-hybridized carbons (Fsp3) is 0.765. The van der Waals surface area contributed by atoms with Crippen LogP contribution in [0, 0.1) is 12.8 Å². The van der Waals surface area contributed by atoms with Gasteiger partial charge in [-0.05, 0) is 58.3 Å². The molecular weight excluding hydrogens is 260 g/mol. The molecule has 4 nitrogen and oxygen atoms in total. The average Bonchev–Trinajstić information content (AvgIpc) is 3.30. The van der Waals surface area contributed by atoms with Crippen LogP contribution in [0.5, 0.6) is 0 Å². The van der Waals surface area contributed by atoms with Gasteiger partial charge in [-0.15, -0.1) is 0 Å². The molecule has 0 bridgehead atoms. The van der Waals surface area contributed by atoms with Gasteiger partial charge in [-0.25, -0.2) is 9.97 Å². The molecule has 1 aromatic rings. The van der Waals surface area contributed by atoms with Crippen molar-refractivity contribution >= 4 is 11.6 Å². The zero-order valence-electron chi connectivity index (χ0n) is 13.6. The van der Waals surface area contributed by atoms with Crippen LogP contribution in [0.3, 0.4) is 0 Å². The van der Waals surface area contributed by atoms with Crippen LogP contribution in [0.4, 0.5) is 11.6 Å². The van der Waals surface area contributed by atoms with E-state index in [0.717, 1.165) is 29.9 Å². The predicted octanol–water partition coefficient (Wildman–Crippen LogP) is 4.08. The van der Waals surface area contributed by atoms with Gasteiger partial charge in [0.15, 0.2) is 0 Å². The summed E-state index contributed by atoms with van der Waals surface area (Å²) in [6.07, 6.45) is 7.68. The van der Waals surface area contributed by atoms with Crippen molar-refractivity contribution in [1.82, 2.24) is 9.97 Å². The fourth-order valence-corrected chi connectivity index (χ4v) is 3.14. The van der Waals surface area contributed by atoms with Crippen LogP contribution >= 0.6 is 0 Å². The number of nitrogens with zero attached hydrogens (tertiary/aromatic N) is 2. The van der Waals surface area contributed by atoms with Gasteiger partial charge in [0.2, 0.25) is 0 Å². The summed E-state index contributed by atoms with van der Waals surface area (Å²) in [7, 11) is 0. The van der Waals surface area contributed by atoms with Crippen molar-refractivity contribution in [3.05, 3.63) is 11.4 Å². The number of hydrogen-bond donors (Lipinski definition) is 2. The Hall–Kier alpha value is -1.32. The van der Waals surface area contributed by atoms with E-state index >= 15 is 0 Å². The van der Waals surface area contributed by atoms with E-state index < -0.39 is 0 Å². The second-order valence-electron chi connectivity index (χ2n) is 6.81. The molecule has 0 atom stereocenters. The standard InChI is InChI=1S/C17H28N4/c1-4-18-15-12(3)16(21-17(20-15)13-7-8-13)19-14-9-5-11(2)6-10-14/h11,13-14H,4-10H2,1-3H3,(H2,18,19,20,21). The summed E-state index contributed by atoms with van der Waals surface area (Å²) >= 11 is 0. The van der Waals surface area contributed by atoms with Crippen LogP contribution in [0.2, 0.25) is 0 Å². The summed E-state index contributed by atoms with van der Waals surface area (Å²) in [5.74, 6) is 4.58. The molecule has 3 rings (SSSR count). The van der Waals surface area contributed by atoms with Crippen molar-refractivity contribution in [3.63, 3.8) is 0 Å². The average molecular weight is 288 g/mol. The lowest BCUT2D eigenvalue weighted by molar-refractivity contribution is 0.360. The third-order valence-corrected chi connectivity index (χ3v) is 4.81. The Morgan fingerprint density at radius 1 is 1.00 bits per heavy atom. The molecule has 2 aliphatic rings. The fourth-order valence-electron chi connectivity index (χ4n) is 3.14. The molecule has 0 amide bonds. The molecule has 0 radical (unpaired) electrons. The molecule has 0 aromatic carbocycles. The van der Waals surface area contributed by atoms with Crippen molar-refractivity contribution in [2.24, 2.45) is 5.92 Å². The summed E-state index contributed by atoms with van der Waals surface area (Å²) in [5, 5.41) is 7.09. The molecule has 0 unspecified atom stereocenters. The number of hydrogen-bond acceptors (Lipinski definition) is 4. The molecular formula is C17H28N4. The quantitative estimate of drug-likeness (QED) is 0.857. The lowest BCUT2D eigenvalue weighted by Gasteiger charge is -2.28. The van der Waals surface area contributed by atoms with E-state index in [1.165, 1.54) is 44.1 Å². The van der Waals surface area contributed by atoms with E-state index in [1.54, 1.807) is 0 Å². The number of anilines is 2. The first kappa shape index (κ1) is 14.6. The first-order valence-corrected chi connectivity index (χ1v) is 8.56. The highest BCUT2D eigenvalue weighted by Crippen LogP contribution is 2.40. The highest BCUT2D eigenvalue weighted by atomic mass is 15.1. The maximum absolute atomic E-state index is 4.83.